The average molecular weight is 401 g/mol. The first-order valence-electron chi connectivity index (χ1n) is 7.46. The summed E-state index contributed by atoms with van der Waals surface area (Å²) in [4.78, 5) is 22.9. The summed E-state index contributed by atoms with van der Waals surface area (Å²) in [5.41, 5.74) is 0.454. The SMILES string of the molecule is Cc1ccc(NC(=O)COC(=O)c2ccc(S(=O)(=O)C(F)F)cc2)cc1F. The highest BCUT2D eigenvalue weighted by molar-refractivity contribution is 7.91. The van der Waals surface area contributed by atoms with Gasteiger partial charge in [0, 0.05) is 5.69 Å². The third-order valence-electron chi connectivity index (χ3n) is 3.44. The van der Waals surface area contributed by atoms with E-state index >= 15 is 0 Å². The minimum Gasteiger partial charge on any atom is -0.452 e. The van der Waals surface area contributed by atoms with Crippen molar-refractivity contribution in [2.45, 2.75) is 17.6 Å². The van der Waals surface area contributed by atoms with Gasteiger partial charge in [-0.15, -0.1) is 0 Å². The van der Waals surface area contributed by atoms with Gasteiger partial charge in [0.25, 0.3) is 5.91 Å². The van der Waals surface area contributed by atoms with Crippen LogP contribution in [0.4, 0.5) is 18.9 Å². The van der Waals surface area contributed by atoms with Gasteiger partial charge in [-0.25, -0.2) is 17.6 Å². The van der Waals surface area contributed by atoms with E-state index in [1.165, 1.54) is 12.1 Å². The van der Waals surface area contributed by atoms with E-state index in [1.54, 1.807) is 6.92 Å². The molecule has 0 aromatic heterocycles. The average Bonchev–Trinajstić information content (AvgIpc) is 2.62. The number of halogens is 3. The Labute approximate surface area is 152 Å². The number of benzene rings is 2. The second-order valence-electron chi connectivity index (χ2n) is 5.42. The smallest absolute Gasteiger partial charge is 0.341 e. The molecule has 0 saturated carbocycles. The Balaban J connectivity index is 1.95. The Hall–Kier alpha value is -2.88. The molecule has 2 aromatic carbocycles. The maximum atomic E-state index is 13.4. The summed E-state index contributed by atoms with van der Waals surface area (Å²) in [5, 5.41) is 2.34. The fourth-order valence-corrected chi connectivity index (χ4v) is 2.69. The van der Waals surface area contributed by atoms with Crippen molar-refractivity contribution >= 4 is 27.4 Å². The number of alkyl halides is 2. The number of hydrogen-bond donors (Lipinski definition) is 1. The van der Waals surface area contributed by atoms with Crippen LogP contribution in [0, 0.1) is 12.7 Å². The van der Waals surface area contributed by atoms with E-state index < -0.39 is 44.8 Å². The lowest BCUT2D eigenvalue weighted by atomic mass is 10.2. The van der Waals surface area contributed by atoms with Crippen LogP contribution in [0.15, 0.2) is 47.4 Å². The first-order chi connectivity index (χ1) is 12.6. The number of sulfone groups is 1. The molecule has 1 amide bonds. The highest BCUT2D eigenvalue weighted by atomic mass is 32.2. The summed E-state index contributed by atoms with van der Waals surface area (Å²) in [5.74, 6) is -5.76. The van der Waals surface area contributed by atoms with Crippen molar-refractivity contribution in [2.75, 3.05) is 11.9 Å². The second-order valence-corrected chi connectivity index (χ2v) is 7.34. The van der Waals surface area contributed by atoms with Gasteiger partial charge in [-0.05, 0) is 48.9 Å². The molecule has 0 unspecified atom stereocenters. The van der Waals surface area contributed by atoms with Gasteiger partial charge >= 0.3 is 11.7 Å². The van der Waals surface area contributed by atoms with Gasteiger partial charge in [0.1, 0.15) is 5.82 Å². The van der Waals surface area contributed by atoms with E-state index in [4.69, 9.17) is 4.74 Å². The maximum Gasteiger partial charge on any atom is 0.341 e. The molecule has 0 bridgehead atoms. The van der Waals surface area contributed by atoms with Crippen molar-refractivity contribution in [1.29, 1.82) is 0 Å². The monoisotopic (exact) mass is 401 g/mol. The van der Waals surface area contributed by atoms with Crippen LogP contribution in [0.2, 0.25) is 0 Å². The number of esters is 1. The predicted octanol–water partition coefficient (Wildman–Crippen LogP) is 2.93. The maximum absolute atomic E-state index is 13.4. The molecular weight excluding hydrogens is 387 g/mol. The van der Waals surface area contributed by atoms with Gasteiger partial charge in [0.2, 0.25) is 9.84 Å². The fourth-order valence-electron chi connectivity index (χ4n) is 1.97. The van der Waals surface area contributed by atoms with E-state index in [0.717, 1.165) is 30.3 Å². The highest BCUT2D eigenvalue weighted by Gasteiger charge is 2.26. The number of hydrogen-bond acceptors (Lipinski definition) is 5. The van der Waals surface area contributed by atoms with Crippen molar-refractivity contribution in [3.63, 3.8) is 0 Å². The van der Waals surface area contributed by atoms with Gasteiger partial charge in [-0.3, -0.25) is 4.79 Å². The third kappa shape index (κ3) is 5.07. The van der Waals surface area contributed by atoms with E-state index in [2.05, 4.69) is 5.32 Å². The standard InChI is InChI=1S/C17H14F3NO5S/c1-10-2-5-12(8-14(10)18)21-15(22)9-26-16(23)11-3-6-13(7-4-11)27(24,25)17(19)20/h2-8,17H,9H2,1H3,(H,21,22). The Morgan fingerprint density at radius 2 is 1.74 bits per heavy atom. The van der Waals surface area contributed by atoms with E-state index in [1.807, 2.05) is 0 Å². The van der Waals surface area contributed by atoms with Crippen LogP contribution in [-0.4, -0.2) is 32.7 Å². The van der Waals surface area contributed by atoms with Crippen molar-refractivity contribution in [3.05, 3.63) is 59.4 Å². The molecular formula is C17H14F3NO5S. The topological polar surface area (TPSA) is 89.5 Å². The Bertz CT molecular complexity index is 959. The normalized spacial score (nSPS) is 11.3. The minimum absolute atomic E-state index is 0.127. The zero-order valence-corrected chi connectivity index (χ0v) is 14.7. The number of aryl methyl sites for hydroxylation is 1. The van der Waals surface area contributed by atoms with Gasteiger partial charge in [-0.1, -0.05) is 6.07 Å². The summed E-state index contributed by atoms with van der Waals surface area (Å²) in [6.07, 6.45) is 0. The van der Waals surface area contributed by atoms with Gasteiger partial charge in [0.05, 0.1) is 10.5 Å². The van der Waals surface area contributed by atoms with Crippen molar-refractivity contribution < 1.29 is 35.9 Å². The molecule has 0 saturated heterocycles. The first-order valence-corrected chi connectivity index (χ1v) is 9.01. The van der Waals surface area contributed by atoms with E-state index in [0.29, 0.717) is 5.56 Å². The van der Waals surface area contributed by atoms with Gasteiger partial charge in [-0.2, -0.15) is 8.78 Å². The first kappa shape index (κ1) is 20.4. The van der Waals surface area contributed by atoms with Crippen molar-refractivity contribution in [3.8, 4) is 0 Å². The third-order valence-corrected chi connectivity index (χ3v) is 4.84. The zero-order valence-electron chi connectivity index (χ0n) is 13.9. The highest BCUT2D eigenvalue weighted by Crippen LogP contribution is 2.19. The Kier molecular flexibility index (Phi) is 6.21. The molecule has 0 aliphatic heterocycles. The molecule has 1 N–H and O–H groups in total. The minimum atomic E-state index is -4.77. The van der Waals surface area contributed by atoms with E-state index in [9.17, 15) is 31.2 Å². The van der Waals surface area contributed by atoms with Crippen molar-refractivity contribution in [2.24, 2.45) is 0 Å². The lowest BCUT2D eigenvalue weighted by Gasteiger charge is -2.08. The Morgan fingerprint density at radius 3 is 2.30 bits per heavy atom. The molecule has 0 aliphatic carbocycles. The molecule has 10 heteroatoms. The summed E-state index contributed by atoms with van der Waals surface area (Å²) in [6, 6.07) is 7.71. The van der Waals surface area contributed by atoms with Gasteiger partial charge < -0.3 is 10.1 Å². The number of amides is 1. The summed E-state index contributed by atoms with van der Waals surface area (Å²) < 4.78 is 65.6. The van der Waals surface area contributed by atoms with Crippen LogP contribution in [0.3, 0.4) is 0 Å². The molecule has 0 atom stereocenters. The van der Waals surface area contributed by atoms with Crippen LogP contribution in [0.25, 0.3) is 0 Å². The number of carbonyl (C=O) groups is 2. The summed E-state index contributed by atoms with van der Waals surface area (Å²) >= 11 is 0. The number of ether oxygens (including phenoxy) is 1. The molecule has 0 spiro atoms. The lowest BCUT2D eigenvalue weighted by Crippen LogP contribution is -2.21. The molecule has 0 radical (unpaired) electrons. The molecule has 0 aliphatic rings. The number of anilines is 1. The zero-order chi connectivity index (χ0) is 20.2. The molecule has 0 fully saturated rings. The van der Waals surface area contributed by atoms with Crippen LogP contribution < -0.4 is 5.32 Å². The van der Waals surface area contributed by atoms with Crippen LogP contribution in [0.1, 0.15) is 15.9 Å². The fraction of sp³-hybridized carbons (Fsp3) is 0.176. The van der Waals surface area contributed by atoms with E-state index in [-0.39, 0.29) is 11.3 Å². The van der Waals surface area contributed by atoms with Crippen LogP contribution in [0.5, 0.6) is 0 Å². The summed E-state index contributed by atoms with van der Waals surface area (Å²) in [7, 11) is -4.77. The largest absolute Gasteiger partial charge is 0.452 e. The number of rotatable bonds is 6. The van der Waals surface area contributed by atoms with Crippen molar-refractivity contribution in [1.82, 2.24) is 0 Å². The molecule has 27 heavy (non-hydrogen) atoms. The summed E-state index contributed by atoms with van der Waals surface area (Å²) in [6.45, 7) is 0.881. The van der Waals surface area contributed by atoms with Gasteiger partial charge in [0.15, 0.2) is 6.61 Å². The lowest BCUT2D eigenvalue weighted by molar-refractivity contribution is -0.119. The molecule has 6 nitrogen and oxygen atoms in total. The second kappa shape index (κ2) is 8.21. The predicted molar refractivity (Wildman–Crippen MR) is 89.7 cm³/mol. The number of nitrogens with one attached hydrogen (secondary N) is 1. The van der Waals surface area contributed by atoms with Crippen LogP contribution >= 0.6 is 0 Å². The molecule has 2 aromatic rings. The number of carbonyl (C=O) groups excluding carboxylic acids is 2. The molecule has 0 heterocycles. The quantitative estimate of drug-likeness (QED) is 0.752. The molecule has 144 valence electrons. The molecule has 2 rings (SSSR count). The van der Waals surface area contributed by atoms with Crippen LogP contribution in [-0.2, 0) is 19.4 Å². The Morgan fingerprint density at radius 1 is 1.11 bits per heavy atom.